The third-order valence-corrected chi connectivity index (χ3v) is 12.9. The van der Waals surface area contributed by atoms with Crippen LogP contribution in [0.4, 0.5) is 0 Å². The number of fused-ring (bicyclic) bond motifs is 9. The maximum atomic E-state index is 15.1. The summed E-state index contributed by atoms with van der Waals surface area (Å²) in [5.74, 6) is -0.131. The summed E-state index contributed by atoms with van der Waals surface area (Å²) in [6, 6.07) is 11.2. The highest BCUT2D eigenvalue weighted by atomic mass is 32.2. The molecule has 4 aliphatic rings. The van der Waals surface area contributed by atoms with E-state index in [-0.39, 0.29) is 41.9 Å². The van der Waals surface area contributed by atoms with Crippen LogP contribution in [-0.4, -0.2) is 108 Å². The molecule has 274 valence electrons. The van der Waals surface area contributed by atoms with E-state index in [1.165, 1.54) is 26.6 Å². The summed E-state index contributed by atoms with van der Waals surface area (Å²) in [7, 11) is 0.321. The number of nitrogens with zero attached hydrogens (tertiary/aromatic N) is 5. The van der Waals surface area contributed by atoms with Gasteiger partial charge in [0.2, 0.25) is 11.8 Å². The molecule has 3 fully saturated rings. The van der Waals surface area contributed by atoms with Crippen molar-refractivity contribution in [3.8, 4) is 17.0 Å². The van der Waals surface area contributed by atoms with E-state index in [1.807, 2.05) is 23.2 Å². The van der Waals surface area contributed by atoms with Gasteiger partial charge in [0.15, 0.2) is 0 Å². The molecule has 3 amide bonds. The Morgan fingerprint density at radius 3 is 2.43 bits per heavy atom. The number of carbonyl (C=O) groups excluding carboxylic acids is 3. The van der Waals surface area contributed by atoms with E-state index >= 15 is 4.79 Å². The van der Waals surface area contributed by atoms with E-state index < -0.39 is 27.7 Å². The van der Waals surface area contributed by atoms with Crippen LogP contribution >= 0.6 is 0 Å². The first kappa shape index (κ1) is 35.4. The van der Waals surface area contributed by atoms with Gasteiger partial charge in [0.1, 0.15) is 11.9 Å². The number of ether oxygens (including phenoxy) is 1. The fraction of sp³-hybridized carbons (Fsp3) is 0.541. The number of aromatic nitrogens is 1. The third-order valence-electron chi connectivity index (χ3n) is 11.5. The summed E-state index contributed by atoms with van der Waals surface area (Å²) < 4.78 is 36.3. The number of methoxy groups -OCH3 is 1. The Bertz CT molecular complexity index is 2020. The van der Waals surface area contributed by atoms with Crippen LogP contribution in [0.2, 0.25) is 0 Å². The molecule has 2 bridgehead atoms. The Hall–Kier alpha value is -3.98. The second kappa shape index (κ2) is 12.9. The summed E-state index contributed by atoms with van der Waals surface area (Å²) in [4.78, 5) is 42.8. The Morgan fingerprint density at radius 1 is 1.08 bits per heavy atom. The minimum absolute atomic E-state index is 0.0584. The first-order valence-electron chi connectivity index (χ1n) is 17.9. The van der Waals surface area contributed by atoms with Crippen molar-refractivity contribution in [2.45, 2.75) is 83.5 Å². The van der Waals surface area contributed by atoms with Crippen LogP contribution in [-0.2, 0) is 26.3 Å². The van der Waals surface area contributed by atoms with Crippen LogP contribution < -0.4 is 9.46 Å². The van der Waals surface area contributed by atoms with Gasteiger partial charge in [-0.3, -0.25) is 19.4 Å². The third kappa shape index (κ3) is 5.53. The monoisotopic (exact) mass is 720 g/mol. The lowest BCUT2D eigenvalue weighted by molar-refractivity contribution is -0.168. The number of carbonyl (C=O) groups is 3. The number of hydrazine groups is 1. The smallest absolute Gasteiger partial charge is 0.303 e. The maximum Gasteiger partial charge on any atom is 0.303 e. The van der Waals surface area contributed by atoms with Gasteiger partial charge in [-0.2, -0.15) is 17.7 Å². The number of hydrogen-bond donors (Lipinski definition) is 2. The van der Waals surface area contributed by atoms with Gasteiger partial charge < -0.3 is 19.3 Å². The molecule has 3 aromatic rings. The fourth-order valence-corrected chi connectivity index (χ4v) is 9.54. The van der Waals surface area contributed by atoms with Gasteiger partial charge in [-0.25, -0.2) is 4.72 Å². The number of aliphatic hydroxyl groups excluding tert-OH is 1. The largest absolute Gasteiger partial charge is 0.497 e. The molecule has 51 heavy (non-hydrogen) atoms. The Labute approximate surface area is 299 Å². The van der Waals surface area contributed by atoms with Crippen molar-refractivity contribution in [3.63, 3.8) is 0 Å². The molecular weight excluding hydrogens is 673 g/mol. The van der Waals surface area contributed by atoms with Crippen molar-refractivity contribution < 1.29 is 32.6 Å². The van der Waals surface area contributed by atoms with E-state index in [1.54, 1.807) is 29.2 Å². The lowest BCUT2D eigenvalue weighted by Crippen LogP contribution is -2.60. The molecule has 2 N–H and O–H groups in total. The normalized spacial score (nSPS) is 24.8. The number of hydrogen-bond acceptors (Lipinski definition) is 8. The van der Waals surface area contributed by atoms with Crippen molar-refractivity contribution in [1.29, 1.82) is 0 Å². The number of aliphatic hydroxyl groups is 1. The second-order valence-corrected chi connectivity index (χ2v) is 16.6. The fourth-order valence-electron chi connectivity index (χ4n) is 9.00. The van der Waals surface area contributed by atoms with Crippen LogP contribution in [0.25, 0.3) is 22.2 Å². The molecule has 4 heterocycles. The minimum atomic E-state index is -4.03. The molecule has 2 saturated heterocycles. The highest BCUT2D eigenvalue weighted by Gasteiger charge is 2.67. The quantitative estimate of drug-likeness (QED) is 0.306. The van der Waals surface area contributed by atoms with Crippen molar-refractivity contribution >= 4 is 38.8 Å². The maximum absolute atomic E-state index is 15.1. The summed E-state index contributed by atoms with van der Waals surface area (Å²) in [5.41, 5.74) is 4.35. The molecule has 1 aliphatic carbocycles. The van der Waals surface area contributed by atoms with E-state index in [4.69, 9.17) is 4.74 Å². The van der Waals surface area contributed by atoms with Gasteiger partial charge in [0.25, 0.3) is 5.91 Å². The Kier molecular flexibility index (Phi) is 8.96. The van der Waals surface area contributed by atoms with Gasteiger partial charge in [0, 0.05) is 62.1 Å². The standard InChI is InChI=1S/C37H48N6O7S/c1-7-9-23(10-8-2)33-28-13-11-24(35(46)38-51(48,49)39(4)5)15-31(28)40-21-37(17-30(37)29-16-26(50-6)12-14-27(29)34(33)40)36(47)43-25-18-41(22(3)45)42(19-25)32(43)20-44/h11-16,23,25,30,32,44H,7-10,17-21H2,1-6H3,(H,38,46). The zero-order chi connectivity index (χ0) is 36.6. The predicted molar refractivity (Wildman–Crippen MR) is 192 cm³/mol. The lowest BCUT2D eigenvalue weighted by Gasteiger charge is -2.42. The van der Waals surface area contributed by atoms with Crippen molar-refractivity contribution in [2.24, 2.45) is 5.41 Å². The van der Waals surface area contributed by atoms with Crippen LogP contribution in [0, 0.1) is 5.41 Å². The zero-order valence-corrected chi connectivity index (χ0v) is 31.0. The van der Waals surface area contributed by atoms with Gasteiger partial charge in [0.05, 0.1) is 37.4 Å². The molecule has 7 rings (SSSR count). The lowest BCUT2D eigenvalue weighted by atomic mass is 9.85. The number of amides is 3. The molecule has 5 atom stereocenters. The molecule has 0 radical (unpaired) electrons. The Morgan fingerprint density at radius 2 is 1.80 bits per heavy atom. The van der Waals surface area contributed by atoms with Crippen molar-refractivity contribution in [3.05, 3.63) is 53.1 Å². The van der Waals surface area contributed by atoms with Crippen LogP contribution in [0.5, 0.6) is 5.75 Å². The average molecular weight is 721 g/mol. The Balaban J connectivity index is 1.43. The number of benzene rings is 2. The van der Waals surface area contributed by atoms with Crippen molar-refractivity contribution in [1.82, 2.24) is 28.5 Å². The SMILES string of the molecule is CCCC(CCC)c1c2n(c3cc(C(=O)NS(=O)(=O)N(C)C)ccc13)CC1(C(=O)N3C4CN(C(C)=O)N(C4)C3CO)CC1c1cc(OC)ccc1-2. The van der Waals surface area contributed by atoms with E-state index in [9.17, 15) is 23.1 Å². The summed E-state index contributed by atoms with van der Waals surface area (Å²) >= 11 is 0. The summed E-state index contributed by atoms with van der Waals surface area (Å²) in [5, 5.41) is 15.0. The van der Waals surface area contributed by atoms with Gasteiger partial charge in [-0.15, -0.1) is 0 Å². The summed E-state index contributed by atoms with van der Waals surface area (Å²) in [6.07, 6.45) is 3.82. The highest BCUT2D eigenvalue weighted by Crippen LogP contribution is 2.66. The molecule has 1 saturated carbocycles. The molecule has 1 aromatic heterocycles. The van der Waals surface area contributed by atoms with Crippen LogP contribution in [0.1, 0.15) is 86.2 Å². The van der Waals surface area contributed by atoms with Gasteiger partial charge >= 0.3 is 10.2 Å². The average Bonchev–Trinajstić information content (AvgIpc) is 3.36. The second-order valence-electron chi connectivity index (χ2n) is 14.7. The molecule has 5 unspecified atom stereocenters. The van der Waals surface area contributed by atoms with Crippen LogP contribution in [0.3, 0.4) is 0 Å². The van der Waals surface area contributed by atoms with E-state index in [2.05, 4.69) is 29.2 Å². The molecule has 0 spiro atoms. The van der Waals surface area contributed by atoms with Crippen molar-refractivity contribution in [2.75, 3.05) is 40.9 Å². The number of nitrogens with one attached hydrogen (secondary N) is 1. The molecular formula is C37H48N6O7S. The molecule has 3 aliphatic heterocycles. The molecule has 2 aromatic carbocycles. The molecule has 13 nitrogen and oxygen atoms in total. The first-order chi connectivity index (χ1) is 24.3. The number of rotatable bonds is 11. The highest BCUT2D eigenvalue weighted by molar-refractivity contribution is 7.87. The predicted octanol–water partition coefficient (Wildman–Crippen LogP) is 3.63. The topological polar surface area (TPSA) is 145 Å². The van der Waals surface area contributed by atoms with Crippen LogP contribution in [0.15, 0.2) is 36.4 Å². The molecule has 14 heteroatoms. The van der Waals surface area contributed by atoms with E-state index in [0.29, 0.717) is 31.8 Å². The minimum Gasteiger partial charge on any atom is -0.497 e. The van der Waals surface area contributed by atoms with Gasteiger partial charge in [-0.1, -0.05) is 32.8 Å². The zero-order valence-electron chi connectivity index (χ0n) is 30.2. The van der Waals surface area contributed by atoms with E-state index in [0.717, 1.165) is 57.7 Å². The summed E-state index contributed by atoms with van der Waals surface area (Å²) in [6.45, 7) is 6.75. The van der Waals surface area contributed by atoms with Gasteiger partial charge in [-0.05, 0) is 66.6 Å². The first-order valence-corrected chi connectivity index (χ1v) is 19.3.